The van der Waals surface area contributed by atoms with Crippen molar-refractivity contribution in [1.29, 1.82) is 0 Å². The smallest absolute Gasteiger partial charge is 0.161 e. The van der Waals surface area contributed by atoms with Gasteiger partial charge in [-0.3, -0.25) is 0 Å². The molecule has 0 saturated heterocycles. The van der Waals surface area contributed by atoms with Crippen molar-refractivity contribution >= 4 is 23.2 Å². The van der Waals surface area contributed by atoms with Crippen LogP contribution in [0.2, 0.25) is 10.0 Å². The minimum atomic E-state index is 0.345. The third-order valence-electron chi connectivity index (χ3n) is 4.28. The topological polar surface area (TPSA) is 48.3 Å². The Labute approximate surface area is 175 Å². The molecule has 0 aliphatic rings. The Kier molecular flexibility index (Phi) is 7.60. The molecule has 0 atom stereocenters. The minimum absolute atomic E-state index is 0.345. The number of nitrogens with one attached hydrogen (secondary N) is 1. The fourth-order valence-electron chi connectivity index (χ4n) is 2.77. The molecule has 1 heterocycles. The second-order valence-corrected chi connectivity index (χ2v) is 7.18. The molecule has 1 N–H and O–H groups in total. The summed E-state index contributed by atoms with van der Waals surface area (Å²) in [6, 6.07) is 11.3. The van der Waals surface area contributed by atoms with Crippen molar-refractivity contribution < 1.29 is 9.47 Å². The van der Waals surface area contributed by atoms with Gasteiger partial charge in [0.15, 0.2) is 11.5 Å². The van der Waals surface area contributed by atoms with Gasteiger partial charge in [0.2, 0.25) is 0 Å². The summed E-state index contributed by atoms with van der Waals surface area (Å²) in [4.78, 5) is 4.04. The van der Waals surface area contributed by atoms with Crippen LogP contribution in [0.25, 0.3) is 0 Å². The van der Waals surface area contributed by atoms with Crippen molar-refractivity contribution in [2.24, 2.45) is 0 Å². The van der Waals surface area contributed by atoms with Crippen LogP contribution < -0.4 is 14.8 Å². The number of rotatable bonds is 10. The van der Waals surface area contributed by atoms with Gasteiger partial charge in [-0.2, -0.15) is 0 Å². The molecule has 0 bridgehead atoms. The molecule has 0 spiro atoms. The summed E-state index contributed by atoms with van der Waals surface area (Å²) in [5.74, 6) is 1.38. The van der Waals surface area contributed by atoms with Gasteiger partial charge >= 0.3 is 0 Å². The zero-order chi connectivity index (χ0) is 19.8. The molecule has 0 radical (unpaired) electrons. The molecule has 7 heteroatoms. The fourth-order valence-corrected chi connectivity index (χ4v) is 3.24. The summed E-state index contributed by atoms with van der Waals surface area (Å²) >= 11 is 12.1. The van der Waals surface area contributed by atoms with Crippen molar-refractivity contribution in [3.63, 3.8) is 0 Å². The number of halogens is 2. The van der Waals surface area contributed by atoms with E-state index < -0.39 is 0 Å². The molecule has 0 saturated carbocycles. The highest BCUT2D eigenvalue weighted by molar-refractivity contribution is 6.35. The SMILES string of the molecule is COc1cc(CNCCCn2ccnc2)ccc1OCc1ccc(Cl)cc1Cl. The van der Waals surface area contributed by atoms with Crippen LogP contribution >= 0.6 is 23.2 Å². The van der Waals surface area contributed by atoms with Crippen LogP contribution in [0.15, 0.2) is 55.1 Å². The maximum atomic E-state index is 6.20. The first-order valence-electron chi connectivity index (χ1n) is 9.06. The molecule has 148 valence electrons. The first-order chi connectivity index (χ1) is 13.7. The van der Waals surface area contributed by atoms with Gasteiger partial charge in [-0.25, -0.2) is 4.98 Å². The summed E-state index contributed by atoms with van der Waals surface area (Å²) < 4.78 is 13.4. The molecule has 0 fully saturated rings. The quantitative estimate of drug-likeness (QED) is 0.471. The van der Waals surface area contributed by atoms with E-state index in [1.54, 1.807) is 25.4 Å². The van der Waals surface area contributed by atoms with E-state index in [1.807, 2.05) is 36.8 Å². The third kappa shape index (κ3) is 5.89. The van der Waals surface area contributed by atoms with E-state index >= 15 is 0 Å². The average Bonchev–Trinajstić information content (AvgIpc) is 3.21. The number of hydrogen-bond donors (Lipinski definition) is 1. The number of methoxy groups -OCH3 is 1. The number of ether oxygens (including phenoxy) is 2. The van der Waals surface area contributed by atoms with E-state index in [9.17, 15) is 0 Å². The normalized spacial score (nSPS) is 10.8. The summed E-state index contributed by atoms with van der Waals surface area (Å²) in [5, 5.41) is 4.64. The second kappa shape index (κ2) is 10.4. The zero-order valence-corrected chi connectivity index (χ0v) is 17.2. The van der Waals surface area contributed by atoms with Crippen molar-refractivity contribution in [2.45, 2.75) is 26.1 Å². The van der Waals surface area contributed by atoms with Crippen LogP contribution in [0.1, 0.15) is 17.5 Å². The zero-order valence-electron chi connectivity index (χ0n) is 15.7. The molecule has 1 aromatic heterocycles. The molecule has 2 aromatic carbocycles. The van der Waals surface area contributed by atoms with Gasteiger partial charge in [0.25, 0.3) is 0 Å². The Balaban J connectivity index is 1.50. The third-order valence-corrected chi connectivity index (χ3v) is 4.87. The van der Waals surface area contributed by atoms with Gasteiger partial charge in [0.1, 0.15) is 6.61 Å². The fraction of sp³-hybridized carbons (Fsp3) is 0.286. The van der Waals surface area contributed by atoms with E-state index in [4.69, 9.17) is 32.7 Å². The summed E-state index contributed by atoms with van der Waals surface area (Å²) in [7, 11) is 1.64. The molecule has 5 nitrogen and oxygen atoms in total. The van der Waals surface area contributed by atoms with E-state index in [1.165, 1.54) is 0 Å². The molecule has 0 aliphatic carbocycles. The molecular weight excluding hydrogens is 397 g/mol. The summed E-state index contributed by atoms with van der Waals surface area (Å²) in [6.07, 6.45) is 6.64. The molecule has 3 rings (SSSR count). The van der Waals surface area contributed by atoms with Gasteiger partial charge in [0.05, 0.1) is 13.4 Å². The number of hydrogen-bond acceptors (Lipinski definition) is 4. The number of aromatic nitrogens is 2. The Bertz CT molecular complexity index is 885. The van der Waals surface area contributed by atoms with E-state index in [2.05, 4.69) is 14.9 Å². The number of imidazole rings is 1. The monoisotopic (exact) mass is 419 g/mol. The van der Waals surface area contributed by atoms with E-state index in [0.29, 0.717) is 28.2 Å². The summed E-state index contributed by atoms with van der Waals surface area (Å²) in [5.41, 5.74) is 2.01. The Morgan fingerprint density at radius 3 is 2.75 bits per heavy atom. The Morgan fingerprint density at radius 2 is 2.00 bits per heavy atom. The Hall–Kier alpha value is -2.21. The van der Waals surface area contributed by atoms with E-state index in [-0.39, 0.29) is 0 Å². The van der Waals surface area contributed by atoms with Crippen LogP contribution in [0.4, 0.5) is 0 Å². The first-order valence-corrected chi connectivity index (χ1v) is 9.81. The van der Waals surface area contributed by atoms with Crippen LogP contribution in [0.3, 0.4) is 0 Å². The van der Waals surface area contributed by atoms with Crippen molar-refractivity contribution in [3.8, 4) is 11.5 Å². The lowest BCUT2D eigenvalue weighted by Crippen LogP contribution is -2.16. The maximum absolute atomic E-state index is 6.20. The molecular formula is C21H23Cl2N3O2. The molecule has 3 aromatic rings. The van der Waals surface area contributed by atoms with Crippen LogP contribution in [0.5, 0.6) is 11.5 Å². The maximum Gasteiger partial charge on any atom is 0.161 e. The largest absolute Gasteiger partial charge is 0.493 e. The lowest BCUT2D eigenvalue weighted by atomic mass is 10.2. The highest BCUT2D eigenvalue weighted by atomic mass is 35.5. The molecule has 0 amide bonds. The lowest BCUT2D eigenvalue weighted by molar-refractivity contribution is 0.284. The van der Waals surface area contributed by atoms with Gasteiger partial charge in [-0.1, -0.05) is 35.3 Å². The first kappa shape index (κ1) is 20.5. The lowest BCUT2D eigenvalue weighted by Gasteiger charge is -2.13. The van der Waals surface area contributed by atoms with Crippen LogP contribution in [0, 0.1) is 0 Å². The van der Waals surface area contributed by atoms with Crippen molar-refractivity contribution in [3.05, 3.63) is 76.3 Å². The number of nitrogens with zero attached hydrogens (tertiary/aromatic N) is 2. The van der Waals surface area contributed by atoms with Crippen molar-refractivity contribution in [2.75, 3.05) is 13.7 Å². The predicted molar refractivity (Wildman–Crippen MR) is 112 cm³/mol. The number of aryl methyl sites for hydroxylation is 1. The van der Waals surface area contributed by atoms with Crippen LogP contribution in [-0.4, -0.2) is 23.2 Å². The highest BCUT2D eigenvalue weighted by Crippen LogP contribution is 2.30. The number of benzene rings is 2. The van der Waals surface area contributed by atoms with Gasteiger partial charge < -0.3 is 19.4 Å². The van der Waals surface area contributed by atoms with Crippen molar-refractivity contribution in [1.82, 2.24) is 14.9 Å². The second-order valence-electron chi connectivity index (χ2n) is 6.34. The van der Waals surface area contributed by atoms with E-state index in [0.717, 1.165) is 37.2 Å². The molecule has 0 aliphatic heterocycles. The van der Waals surface area contributed by atoms with Gasteiger partial charge in [0, 0.05) is 41.1 Å². The van der Waals surface area contributed by atoms with Gasteiger partial charge in [-0.15, -0.1) is 0 Å². The standard InChI is InChI=1S/C21H23Cl2N3O2/c1-27-21-11-16(13-24-7-2-9-26-10-8-25-15-26)3-6-20(21)28-14-17-4-5-18(22)12-19(17)23/h3-6,8,10-12,15,24H,2,7,9,13-14H2,1H3. The predicted octanol–water partition coefficient (Wildman–Crippen LogP) is 4.96. The van der Waals surface area contributed by atoms with Gasteiger partial charge in [-0.05, 0) is 42.8 Å². The molecule has 0 unspecified atom stereocenters. The Morgan fingerprint density at radius 1 is 1.11 bits per heavy atom. The highest BCUT2D eigenvalue weighted by Gasteiger charge is 2.08. The minimum Gasteiger partial charge on any atom is -0.493 e. The average molecular weight is 420 g/mol. The van der Waals surface area contributed by atoms with Crippen LogP contribution in [-0.2, 0) is 19.7 Å². The molecule has 28 heavy (non-hydrogen) atoms. The summed E-state index contributed by atoms with van der Waals surface area (Å²) in [6.45, 7) is 2.99.